The molecule has 1 aliphatic heterocycles. The van der Waals surface area contributed by atoms with Gasteiger partial charge in [0.2, 0.25) is 5.91 Å². The number of aromatic nitrogens is 1. The summed E-state index contributed by atoms with van der Waals surface area (Å²) in [6, 6.07) is 10.3. The van der Waals surface area contributed by atoms with Gasteiger partial charge in [0.05, 0.1) is 12.5 Å². The summed E-state index contributed by atoms with van der Waals surface area (Å²) in [7, 11) is 4.08. The number of nitrogens with one attached hydrogen (secondary N) is 2. The number of rotatable bonds is 12. The lowest BCUT2D eigenvalue weighted by Crippen LogP contribution is -2.48. The maximum atomic E-state index is 15.7. The molecule has 2 aromatic carbocycles. The second-order valence-electron chi connectivity index (χ2n) is 13.2. The lowest BCUT2D eigenvalue weighted by molar-refractivity contribution is -0.137. The van der Waals surface area contributed by atoms with E-state index >= 15 is 4.39 Å². The molecule has 0 bridgehead atoms. The lowest BCUT2D eigenvalue weighted by Gasteiger charge is -2.25. The van der Waals surface area contributed by atoms with E-state index in [1.165, 1.54) is 0 Å². The highest BCUT2D eigenvalue weighted by Gasteiger charge is 2.30. The fraction of sp³-hybridized carbons (Fsp3) is 0.444. The summed E-state index contributed by atoms with van der Waals surface area (Å²) in [6.45, 7) is 10.8. The van der Waals surface area contributed by atoms with Gasteiger partial charge in [-0.05, 0) is 118 Å². The number of carboxylic acids is 1. The third-order valence-corrected chi connectivity index (χ3v) is 8.87. The summed E-state index contributed by atoms with van der Waals surface area (Å²) < 4.78 is 15.7. The summed E-state index contributed by atoms with van der Waals surface area (Å²) in [5, 5.41) is 15.9. The van der Waals surface area contributed by atoms with E-state index in [1.807, 2.05) is 60.0 Å². The Bertz CT molecular complexity index is 1620. The Morgan fingerprint density at radius 2 is 1.74 bits per heavy atom. The predicted molar refractivity (Wildman–Crippen MR) is 183 cm³/mol. The molecular formula is C36H45ClFN5O4. The van der Waals surface area contributed by atoms with Crippen molar-refractivity contribution in [2.24, 2.45) is 5.92 Å². The third kappa shape index (κ3) is 8.87. The molecule has 47 heavy (non-hydrogen) atoms. The summed E-state index contributed by atoms with van der Waals surface area (Å²) in [5.74, 6) is -2.25. The van der Waals surface area contributed by atoms with Crippen LogP contribution in [0.15, 0.2) is 42.5 Å². The van der Waals surface area contributed by atoms with Gasteiger partial charge < -0.3 is 25.5 Å². The second-order valence-corrected chi connectivity index (χ2v) is 13.6. The molecule has 1 fully saturated rings. The Morgan fingerprint density at radius 3 is 2.34 bits per heavy atom. The van der Waals surface area contributed by atoms with Gasteiger partial charge in [-0.3, -0.25) is 14.4 Å². The molecule has 3 N–H and O–H groups in total. The summed E-state index contributed by atoms with van der Waals surface area (Å²) in [5.41, 5.74) is 3.82. The molecule has 3 atom stereocenters. The van der Waals surface area contributed by atoms with E-state index < -0.39 is 42.1 Å². The summed E-state index contributed by atoms with van der Waals surface area (Å²) >= 11 is 6.25. The SMILES string of the molecule is Cc1cc(-c2c(C)cc(Cl)cc2C)cc([C@H](CC(=O)O)NC(=O)[C@H](CC(C)C)NC(=O)c2cccc(N3CC[C@H](N(C)C)C3)n2)c1F. The zero-order chi connectivity index (χ0) is 34.6. The van der Waals surface area contributed by atoms with E-state index in [1.54, 1.807) is 31.2 Å². The molecule has 9 nitrogen and oxygen atoms in total. The van der Waals surface area contributed by atoms with Crippen LogP contribution in [0.5, 0.6) is 0 Å². The molecule has 1 aromatic heterocycles. The van der Waals surface area contributed by atoms with Crippen molar-refractivity contribution in [3.8, 4) is 11.1 Å². The van der Waals surface area contributed by atoms with Crippen LogP contribution in [0, 0.1) is 32.5 Å². The molecule has 0 saturated carbocycles. The Kier molecular flexibility index (Phi) is 11.6. The first-order valence-electron chi connectivity index (χ1n) is 15.9. The molecule has 4 rings (SSSR count). The van der Waals surface area contributed by atoms with Crippen molar-refractivity contribution in [3.05, 3.63) is 81.3 Å². The Balaban J connectivity index is 1.61. The van der Waals surface area contributed by atoms with E-state index in [0.29, 0.717) is 28.0 Å². The minimum atomic E-state index is -1.21. The highest BCUT2D eigenvalue weighted by atomic mass is 35.5. The van der Waals surface area contributed by atoms with Gasteiger partial charge >= 0.3 is 5.97 Å². The van der Waals surface area contributed by atoms with E-state index in [0.717, 1.165) is 36.2 Å². The molecule has 0 spiro atoms. The molecular weight excluding hydrogens is 621 g/mol. The molecule has 0 radical (unpaired) electrons. The number of amides is 2. The number of aliphatic carboxylic acids is 1. The van der Waals surface area contributed by atoms with Gasteiger partial charge in [0.1, 0.15) is 23.4 Å². The molecule has 3 aromatic rings. The van der Waals surface area contributed by atoms with Crippen LogP contribution in [-0.4, -0.2) is 72.0 Å². The van der Waals surface area contributed by atoms with Gasteiger partial charge in [-0.2, -0.15) is 0 Å². The highest BCUT2D eigenvalue weighted by molar-refractivity contribution is 6.30. The predicted octanol–water partition coefficient (Wildman–Crippen LogP) is 6.08. The van der Waals surface area contributed by atoms with Crippen molar-refractivity contribution >= 4 is 35.2 Å². The quantitative estimate of drug-likeness (QED) is 0.215. The molecule has 252 valence electrons. The van der Waals surface area contributed by atoms with E-state index in [2.05, 4.69) is 25.4 Å². The molecule has 11 heteroatoms. The lowest BCUT2D eigenvalue weighted by atomic mass is 9.90. The van der Waals surface area contributed by atoms with Crippen LogP contribution in [0.25, 0.3) is 11.1 Å². The largest absolute Gasteiger partial charge is 0.481 e. The normalized spacial score (nSPS) is 16.0. The van der Waals surface area contributed by atoms with E-state index in [9.17, 15) is 19.5 Å². The first kappa shape index (κ1) is 35.8. The zero-order valence-corrected chi connectivity index (χ0v) is 28.9. The minimum absolute atomic E-state index is 0.00833. The Labute approximate surface area is 281 Å². The standard InChI is InChI=1S/C36H45ClFN5O4/c1-20(2)13-30(41-35(46)28-9-8-10-31(39-28)43-12-11-26(19-43)42(6)7)36(47)40-29(18-32(44)45)27-17-24(14-23(5)34(27)38)33-21(3)15-25(37)16-22(33)4/h8-10,14-17,20,26,29-30H,11-13,18-19H2,1-7H3,(H,40,47)(H,41,46)(H,44,45)/t26-,29-,30-/m0/s1. The average molecular weight is 666 g/mol. The van der Waals surface area contributed by atoms with Gasteiger partial charge in [-0.1, -0.05) is 31.5 Å². The van der Waals surface area contributed by atoms with Crippen molar-refractivity contribution < 1.29 is 23.9 Å². The number of carbonyl (C=O) groups is 3. The number of hydrogen-bond acceptors (Lipinski definition) is 6. The first-order chi connectivity index (χ1) is 22.1. The van der Waals surface area contributed by atoms with Crippen LogP contribution < -0.4 is 15.5 Å². The van der Waals surface area contributed by atoms with Crippen molar-refractivity contribution in [2.75, 3.05) is 32.1 Å². The Morgan fingerprint density at radius 1 is 1.06 bits per heavy atom. The van der Waals surface area contributed by atoms with Crippen molar-refractivity contribution in [3.63, 3.8) is 0 Å². The van der Waals surface area contributed by atoms with Crippen LogP contribution in [-0.2, 0) is 9.59 Å². The number of nitrogens with zero attached hydrogens (tertiary/aromatic N) is 3. The van der Waals surface area contributed by atoms with Crippen LogP contribution >= 0.6 is 11.6 Å². The number of anilines is 1. The van der Waals surface area contributed by atoms with Crippen LogP contribution in [0.2, 0.25) is 5.02 Å². The van der Waals surface area contributed by atoms with Crippen LogP contribution in [0.4, 0.5) is 10.2 Å². The first-order valence-corrected chi connectivity index (χ1v) is 16.3. The highest BCUT2D eigenvalue weighted by Crippen LogP contribution is 2.35. The molecule has 1 aliphatic rings. The second kappa shape index (κ2) is 15.3. The topological polar surface area (TPSA) is 115 Å². The maximum absolute atomic E-state index is 15.7. The van der Waals surface area contributed by atoms with Gasteiger partial charge in [0.25, 0.3) is 5.91 Å². The summed E-state index contributed by atoms with van der Waals surface area (Å²) in [4.78, 5) is 48.2. The number of aryl methyl sites for hydroxylation is 3. The van der Waals surface area contributed by atoms with Crippen molar-refractivity contribution in [2.45, 2.75) is 72.0 Å². The van der Waals surface area contributed by atoms with Crippen LogP contribution in [0.3, 0.4) is 0 Å². The van der Waals surface area contributed by atoms with Gasteiger partial charge in [-0.25, -0.2) is 9.37 Å². The number of likely N-dealkylation sites (N-methyl/N-ethyl adjacent to an activating group) is 1. The van der Waals surface area contributed by atoms with Crippen LogP contribution in [0.1, 0.15) is 71.9 Å². The molecule has 2 heterocycles. The monoisotopic (exact) mass is 665 g/mol. The average Bonchev–Trinajstić information content (AvgIpc) is 3.48. The molecule has 0 aliphatic carbocycles. The molecule has 2 amide bonds. The Hall–Kier alpha value is -4.02. The number of hydrogen-bond donors (Lipinski definition) is 3. The molecule has 0 unspecified atom stereocenters. The minimum Gasteiger partial charge on any atom is -0.481 e. The fourth-order valence-corrected chi connectivity index (χ4v) is 6.61. The number of halogens is 2. The number of carboxylic acid groups (broad SMARTS) is 1. The van der Waals surface area contributed by atoms with Gasteiger partial charge in [-0.15, -0.1) is 0 Å². The molecule has 1 saturated heterocycles. The van der Waals surface area contributed by atoms with Crippen molar-refractivity contribution in [1.29, 1.82) is 0 Å². The maximum Gasteiger partial charge on any atom is 0.305 e. The third-order valence-electron chi connectivity index (χ3n) is 8.65. The number of carbonyl (C=O) groups excluding carboxylic acids is 2. The summed E-state index contributed by atoms with van der Waals surface area (Å²) in [6.07, 6.45) is 0.708. The van der Waals surface area contributed by atoms with Gasteiger partial charge in [0.15, 0.2) is 0 Å². The smallest absolute Gasteiger partial charge is 0.305 e. The van der Waals surface area contributed by atoms with Crippen molar-refractivity contribution in [1.82, 2.24) is 20.5 Å². The fourth-order valence-electron chi connectivity index (χ4n) is 6.28. The number of benzene rings is 2. The van der Waals surface area contributed by atoms with E-state index in [4.69, 9.17) is 11.6 Å². The van der Waals surface area contributed by atoms with E-state index in [-0.39, 0.29) is 23.6 Å². The zero-order valence-electron chi connectivity index (χ0n) is 28.2. The number of pyridine rings is 1. The van der Waals surface area contributed by atoms with Gasteiger partial charge in [0, 0.05) is 29.7 Å².